The van der Waals surface area contributed by atoms with E-state index in [0.717, 1.165) is 84.1 Å². The molecule has 2 aliphatic rings. The van der Waals surface area contributed by atoms with E-state index >= 15 is 0 Å². The van der Waals surface area contributed by atoms with E-state index in [2.05, 4.69) is 34.2 Å². The third-order valence-electron chi connectivity index (χ3n) is 6.25. The third kappa shape index (κ3) is 5.72. The maximum atomic E-state index is 12.0. The van der Waals surface area contributed by atoms with Gasteiger partial charge in [-0.05, 0) is 48.4 Å². The predicted molar refractivity (Wildman–Crippen MR) is 139 cm³/mol. The molecule has 9 nitrogen and oxygen atoms in total. The van der Waals surface area contributed by atoms with Gasteiger partial charge in [0.15, 0.2) is 5.13 Å². The minimum Gasteiger partial charge on any atom is -0.497 e. The second-order valence-corrected chi connectivity index (χ2v) is 9.76. The van der Waals surface area contributed by atoms with Crippen LogP contribution in [0.5, 0.6) is 5.75 Å². The largest absolute Gasteiger partial charge is 0.497 e. The first-order valence-corrected chi connectivity index (χ1v) is 12.6. The number of aromatic nitrogens is 2. The van der Waals surface area contributed by atoms with Gasteiger partial charge in [-0.1, -0.05) is 17.9 Å². The van der Waals surface area contributed by atoms with Crippen molar-refractivity contribution in [3.05, 3.63) is 48.6 Å². The molecule has 35 heavy (non-hydrogen) atoms. The molecule has 3 aromatic rings. The first-order chi connectivity index (χ1) is 17.1. The second-order valence-electron chi connectivity index (χ2n) is 8.73. The Kier molecular flexibility index (Phi) is 7.12. The quantitative estimate of drug-likeness (QED) is 0.460. The molecule has 0 bridgehead atoms. The van der Waals surface area contributed by atoms with Crippen molar-refractivity contribution in [3.63, 3.8) is 0 Å². The summed E-state index contributed by atoms with van der Waals surface area (Å²) >= 11 is 1.56. The fourth-order valence-electron chi connectivity index (χ4n) is 4.45. The fraction of sp³-hybridized carbons (Fsp3) is 0.400. The zero-order valence-electron chi connectivity index (χ0n) is 19.8. The number of morpholine rings is 1. The molecule has 0 spiro atoms. The molecule has 0 saturated carbocycles. The maximum Gasteiger partial charge on any atom is 0.246 e. The van der Waals surface area contributed by atoms with Gasteiger partial charge in [-0.2, -0.15) is 0 Å². The lowest BCUT2D eigenvalue weighted by molar-refractivity contribution is -0.125. The van der Waals surface area contributed by atoms with E-state index in [4.69, 9.17) is 19.4 Å². The van der Waals surface area contributed by atoms with Crippen LogP contribution in [0.2, 0.25) is 0 Å². The van der Waals surface area contributed by atoms with Crippen LogP contribution in [-0.2, 0) is 16.1 Å². The van der Waals surface area contributed by atoms with Gasteiger partial charge in [0.05, 0.1) is 30.5 Å². The number of anilines is 3. The minimum atomic E-state index is -0.0295. The summed E-state index contributed by atoms with van der Waals surface area (Å²) in [6.45, 7) is 9.11. The van der Waals surface area contributed by atoms with Gasteiger partial charge < -0.3 is 25.0 Å². The van der Waals surface area contributed by atoms with Gasteiger partial charge in [-0.15, -0.1) is 0 Å². The lowest BCUT2D eigenvalue weighted by Gasteiger charge is -2.27. The molecule has 184 valence electrons. The number of carbonyl (C=O) groups is 1. The Morgan fingerprint density at radius 1 is 1.23 bits per heavy atom. The Hall–Kier alpha value is -3.21. The average molecular weight is 495 g/mol. The lowest BCUT2D eigenvalue weighted by Crippen LogP contribution is -2.35. The number of pyridine rings is 1. The fourth-order valence-corrected chi connectivity index (χ4v) is 5.35. The van der Waals surface area contributed by atoms with E-state index in [9.17, 15) is 4.79 Å². The summed E-state index contributed by atoms with van der Waals surface area (Å²) in [5.41, 5.74) is 2.07. The molecule has 1 unspecified atom stereocenters. The Morgan fingerprint density at radius 3 is 2.86 bits per heavy atom. The van der Waals surface area contributed by atoms with Crippen molar-refractivity contribution in [2.75, 3.05) is 57.1 Å². The molecule has 0 radical (unpaired) electrons. The molecule has 2 fully saturated rings. The van der Waals surface area contributed by atoms with E-state index in [1.165, 1.54) is 6.08 Å². The summed E-state index contributed by atoms with van der Waals surface area (Å²) in [6.07, 6.45) is 2.25. The monoisotopic (exact) mass is 494 g/mol. The highest BCUT2D eigenvalue weighted by atomic mass is 32.1. The maximum absolute atomic E-state index is 12.0. The van der Waals surface area contributed by atoms with Gasteiger partial charge in [0, 0.05) is 38.8 Å². The number of carbonyl (C=O) groups excluding carboxylic acids is 1. The molecule has 10 heteroatoms. The van der Waals surface area contributed by atoms with Crippen molar-refractivity contribution >= 4 is 44.2 Å². The number of hydrogen-bond donors (Lipinski definition) is 2. The SMILES string of the molecule is C=CC(=O)N1CCC(Nc2cc(CN3CCOCC3)cc(Nc3nc4ccc(OC)cc4s3)n2)C1. The lowest BCUT2D eigenvalue weighted by atomic mass is 10.2. The van der Waals surface area contributed by atoms with Crippen LogP contribution in [0.1, 0.15) is 12.0 Å². The number of rotatable bonds is 8. The van der Waals surface area contributed by atoms with Gasteiger partial charge in [-0.25, -0.2) is 9.97 Å². The first kappa shape index (κ1) is 23.5. The highest BCUT2D eigenvalue weighted by Crippen LogP contribution is 2.31. The molecule has 1 atom stereocenters. The number of thiazole rings is 1. The molecule has 0 aliphatic carbocycles. The summed E-state index contributed by atoms with van der Waals surface area (Å²) in [4.78, 5) is 25.7. The molecule has 2 saturated heterocycles. The van der Waals surface area contributed by atoms with Crippen molar-refractivity contribution in [2.24, 2.45) is 0 Å². The molecule has 2 N–H and O–H groups in total. The first-order valence-electron chi connectivity index (χ1n) is 11.8. The molecular formula is C25H30N6O3S. The highest BCUT2D eigenvalue weighted by molar-refractivity contribution is 7.22. The molecule has 1 amide bonds. The van der Waals surface area contributed by atoms with Crippen LogP contribution in [-0.4, -0.2) is 78.2 Å². The Bertz CT molecular complexity index is 1210. The zero-order valence-corrected chi connectivity index (χ0v) is 20.6. The van der Waals surface area contributed by atoms with E-state index in [1.54, 1.807) is 18.4 Å². The zero-order chi connectivity index (χ0) is 24.2. The summed E-state index contributed by atoms with van der Waals surface area (Å²) < 4.78 is 11.9. The minimum absolute atomic E-state index is 0.0295. The van der Waals surface area contributed by atoms with Crippen molar-refractivity contribution in [2.45, 2.75) is 19.0 Å². The average Bonchev–Trinajstić information content (AvgIpc) is 3.50. The van der Waals surface area contributed by atoms with Gasteiger partial charge in [0.1, 0.15) is 17.4 Å². The highest BCUT2D eigenvalue weighted by Gasteiger charge is 2.25. The van der Waals surface area contributed by atoms with Crippen LogP contribution in [0.25, 0.3) is 10.2 Å². The number of nitrogens with one attached hydrogen (secondary N) is 2. The standard InChI is InChI=1S/C25H30N6O3S/c1-3-24(32)31-7-6-18(16-31)26-22-12-17(15-30-8-10-34-11-9-30)13-23(28-22)29-25-27-20-5-4-19(33-2)14-21(20)35-25/h3-5,12-14,18H,1,6-11,15-16H2,2H3,(H2,26,27,28,29). The number of ether oxygens (including phenoxy) is 2. The predicted octanol–water partition coefficient (Wildman–Crippen LogP) is 3.47. The van der Waals surface area contributed by atoms with Gasteiger partial charge in [0.25, 0.3) is 0 Å². The summed E-state index contributed by atoms with van der Waals surface area (Å²) in [7, 11) is 1.66. The summed E-state index contributed by atoms with van der Waals surface area (Å²) in [5.74, 6) is 2.31. The van der Waals surface area contributed by atoms with Crippen molar-refractivity contribution in [3.8, 4) is 5.75 Å². The van der Waals surface area contributed by atoms with Crippen molar-refractivity contribution < 1.29 is 14.3 Å². The van der Waals surface area contributed by atoms with E-state index in [0.29, 0.717) is 6.54 Å². The van der Waals surface area contributed by atoms with Crippen LogP contribution in [0, 0.1) is 0 Å². The number of fused-ring (bicyclic) bond motifs is 1. The van der Waals surface area contributed by atoms with E-state index in [-0.39, 0.29) is 11.9 Å². The molecule has 4 heterocycles. The normalized spacial score (nSPS) is 18.5. The number of amides is 1. The van der Waals surface area contributed by atoms with Crippen LogP contribution in [0.3, 0.4) is 0 Å². The van der Waals surface area contributed by atoms with Gasteiger partial charge in [-0.3, -0.25) is 9.69 Å². The molecule has 1 aromatic carbocycles. The van der Waals surface area contributed by atoms with Crippen LogP contribution >= 0.6 is 11.3 Å². The van der Waals surface area contributed by atoms with E-state index < -0.39 is 0 Å². The van der Waals surface area contributed by atoms with Crippen molar-refractivity contribution in [1.29, 1.82) is 0 Å². The number of hydrogen-bond acceptors (Lipinski definition) is 9. The van der Waals surface area contributed by atoms with Crippen LogP contribution < -0.4 is 15.4 Å². The Labute approximate surface area is 208 Å². The number of methoxy groups -OCH3 is 1. The third-order valence-corrected chi connectivity index (χ3v) is 7.19. The smallest absolute Gasteiger partial charge is 0.246 e. The number of benzene rings is 1. The van der Waals surface area contributed by atoms with Crippen molar-refractivity contribution in [1.82, 2.24) is 19.8 Å². The summed E-state index contributed by atoms with van der Waals surface area (Å²) in [6, 6.07) is 10.2. The van der Waals surface area contributed by atoms with Gasteiger partial charge in [0.2, 0.25) is 5.91 Å². The Morgan fingerprint density at radius 2 is 2.06 bits per heavy atom. The Balaban J connectivity index is 1.37. The van der Waals surface area contributed by atoms with Crippen LogP contribution in [0.4, 0.5) is 16.8 Å². The second kappa shape index (κ2) is 10.6. The van der Waals surface area contributed by atoms with E-state index in [1.807, 2.05) is 23.1 Å². The summed E-state index contributed by atoms with van der Waals surface area (Å²) in [5, 5.41) is 7.72. The van der Waals surface area contributed by atoms with Crippen LogP contribution in [0.15, 0.2) is 43.0 Å². The molecule has 2 aromatic heterocycles. The topological polar surface area (TPSA) is 91.9 Å². The molecule has 5 rings (SSSR count). The number of nitrogens with zero attached hydrogens (tertiary/aromatic N) is 4. The number of likely N-dealkylation sites (tertiary alicyclic amines) is 1. The molecule has 2 aliphatic heterocycles. The van der Waals surface area contributed by atoms with Gasteiger partial charge >= 0.3 is 0 Å². The molecular weight excluding hydrogens is 464 g/mol.